The highest BCUT2D eigenvalue weighted by Gasteiger charge is 2.40. The van der Waals surface area contributed by atoms with E-state index in [1.165, 1.54) is 0 Å². The van der Waals surface area contributed by atoms with Crippen LogP contribution >= 0.6 is 0 Å². The molecule has 6 heteroatoms. The van der Waals surface area contributed by atoms with Crippen molar-refractivity contribution in [3.8, 4) is 0 Å². The highest BCUT2D eigenvalue weighted by Crippen LogP contribution is 2.17. The molecular formula is C8H13F3N2O. The predicted octanol–water partition coefficient (Wildman–Crippen LogP) is 0.663. The second-order valence-electron chi connectivity index (χ2n) is 3.55. The van der Waals surface area contributed by atoms with Crippen molar-refractivity contribution in [1.82, 2.24) is 10.6 Å². The Morgan fingerprint density at radius 2 is 2.14 bits per heavy atom. The number of alkyl halides is 3. The first-order valence-corrected chi connectivity index (χ1v) is 4.49. The lowest BCUT2D eigenvalue weighted by molar-refractivity contribution is -0.174. The number of piperidine rings is 1. The van der Waals surface area contributed by atoms with Crippen molar-refractivity contribution in [3.05, 3.63) is 0 Å². The Labute approximate surface area is 80.0 Å². The number of halogens is 3. The molecule has 0 aliphatic carbocycles. The minimum atomic E-state index is -4.78. The third-order valence-electron chi connectivity index (χ3n) is 2.40. The average molecular weight is 210 g/mol. The van der Waals surface area contributed by atoms with E-state index in [1.54, 1.807) is 0 Å². The van der Waals surface area contributed by atoms with E-state index in [0.717, 1.165) is 13.0 Å². The highest BCUT2D eigenvalue weighted by atomic mass is 19.4. The van der Waals surface area contributed by atoms with Crippen molar-refractivity contribution in [2.75, 3.05) is 13.1 Å². The third-order valence-corrected chi connectivity index (χ3v) is 2.40. The minimum Gasteiger partial charge on any atom is -0.344 e. The smallest absolute Gasteiger partial charge is 0.344 e. The third kappa shape index (κ3) is 2.87. The van der Waals surface area contributed by atoms with Crippen molar-refractivity contribution in [2.45, 2.75) is 25.6 Å². The summed E-state index contributed by atoms with van der Waals surface area (Å²) < 4.78 is 35.7. The van der Waals surface area contributed by atoms with Crippen LogP contribution in [-0.4, -0.2) is 31.2 Å². The van der Waals surface area contributed by atoms with Crippen LogP contribution in [0.25, 0.3) is 0 Å². The molecule has 1 aliphatic rings. The van der Waals surface area contributed by atoms with Crippen LogP contribution in [0.5, 0.6) is 0 Å². The normalized spacial score (nSPS) is 28.6. The maximum absolute atomic E-state index is 11.9. The maximum Gasteiger partial charge on any atom is 0.471 e. The van der Waals surface area contributed by atoms with Gasteiger partial charge in [-0.05, 0) is 18.9 Å². The molecule has 1 saturated heterocycles. The van der Waals surface area contributed by atoms with Gasteiger partial charge >= 0.3 is 12.1 Å². The summed E-state index contributed by atoms with van der Waals surface area (Å²) in [6.45, 7) is 3.03. The number of carbonyl (C=O) groups excluding carboxylic acids is 1. The number of hydrogen-bond donors (Lipinski definition) is 2. The topological polar surface area (TPSA) is 41.1 Å². The zero-order valence-electron chi connectivity index (χ0n) is 7.82. The minimum absolute atomic E-state index is 0.0857. The predicted molar refractivity (Wildman–Crippen MR) is 44.6 cm³/mol. The fraction of sp³-hybridized carbons (Fsp3) is 0.875. The zero-order chi connectivity index (χ0) is 10.8. The molecule has 1 heterocycles. The lowest BCUT2D eigenvalue weighted by Gasteiger charge is -2.30. The average Bonchev–Trinajstić information content (AvgIpc) is 2.07. The Morgan fingerprint density at radius 1 is 1.50 bits per heavy atom. The fourth-order valence-corrected chi connectivity index (χ4v) is 1.43. The second-order valence-corrected chi connectivity index (χ2v) is 3.55. The van der Waals surface area contributed by atoms with Gasteiger partial charge in [-0.2, -0.15) is 13.2 Å². The molecule has 1 amide bonds. The van der Waals surface area contributed by atoms with Crippen LogP contribution in [0.3, 0.4) is 0 Å². The molecule has 0 radical (unpaired) electrons. The lowest BCUT2D eigenvalue weighted by Crippen LogP contribution is -2.53. The number of hydrogen-bond acceptors (Lipinski definition) is 2. The molecule has 0 aromatic rings. The second kappa shape index (κ2) is 4.16. The van der Waals surface area contributed by atoms with Crippen LogP contribution in [0.1, 0.15) is 13.3 Å². The molecule has 82 valence electrons. The van der Waals surface area contributed by atoms with Gasteiger partial charge in [0, 0.05) is 12.6 Å². The number of rotatable bonds is 1. The molecule has 1 fully saturated rings. The Kier molecular flexibility index (Phi) is 3.36. The van der Waals surface area contributed by atoms with Crippen LogP contribution < -0.4 is 10.6 Å². The Morgan fingerprint density at radius 3 is 2.64 bits per heavy atom. The Hall–Kier alpha value is -0.780. The summed E-state index contributed by atoms with van der Waals surface area (Å²) in [7, 11) is 0. The van der Waals surface area contributed by atoms with E-state index < -0.39 is 18.1 Å². The largest absolute Gasteiger partial charge is 0.471 e. The molecule has 3 nitrogen and oxygen atoms in total. The van der Waals surface area contributed by atoms with E-state index in [9.17, 15) is 18.0 Å². The maximum atomic E-state index is 11.9. The summed E-state index contributed by atoms with van der Waals surface area (Å²) in [6, 6.07) is -0.419. The first-order valence-electron chi connectivity index (χ1n) is 4.49. The molecular weight excluding hydrogens is 197 g/mol. The summed E-state index contributed by atoms with van der Waals surface area (Å²) in [5, 5.41) is 4.92. The van der Waals surface area contributed by atoms with Gasteiger partial charge in [0.15, 0.2) is 0 Å². The van der Waals surface area contributed by atoms with Gasteiger partial charge in [0.1, 0.15) is 0 Å². The van der Waals surface area contributed by atoms with Gasteiger partial charge in [-0.15, -0.1) is 0 Å². The summed E-state index contributed by atoms with van der Waals surface area (Å²) >= 11 is 0. The van der Waals surface area contributed by atoms with Gasteiger partial charge < -0.3 is 10.6 Å². The SMILES string of the molecule is C[C@H]1CCNC[C@H]1NC(=O)C(F)(F)F. The van der Waals surface area contributed by atoms with Crippen molar-refractivity contribution in [3.63, 3.8) is 0 Å². The Balaban J connectivity index is 2.46. The summed E-state index contributed by atoms with van der Waals surface area (Å²) in [5.41, 5.74) is 0. The highest BCUT2D eigenvalue weighted by molar-refractivity contribution is 5.82. The van der Waals surface area contributed by atoms with Gasteiger partial charge in [0.2, 0.25) is 0 Å². The van der Waals surface area contributed by atoms with Crippen LogP contribution in [0.15, 0.2) is 0 Å². The standard InChI is InChI=1S/C8H13F3N2O/c1-5-2-3-12-4-6(5)13-7(14)8(9,10)11/h5-6,12H,2-4H2,1H3,(H,13,14)/t5-,6+/m0/s1. The molecule has 14 heavy (non-hydrogen) atoms. The van der Waals surface area contributed by atoms with Gasteiger partial charge in [-0.3, -0.25) is 4.79 Å². The molecule has 0 aromatic carbocycles. The molecule has 0 spiro atoms. The summed E-state index contributed by atoms with van der Waals surface area (Å²) in [6.07, 6.45) is -4.00. The molecule has 2 N–H and O–H groups in total. The first kappa shape index (κ1) is 11.3. The van der Waals surface area contributed by atoms with E-state index in [2.05, 4.69) is 5.32 Å². The van der Waals surface area contributed by atoms with Crippen molar-refractivity contribution in [1.29, 1.82) is 0 Å². The van der Waals surface area contributed by atoms with E-state index in [-0.39, 0.29) is 5.92 Å². The summed E-state index contributed by atoms with van der Waals surface area (Å²) in [5.74, 6) is -1.76. The lowest BCUT2D eigenvalue weighted by atomic mass is 9.95. The quantitative estimate of drug-likeness (QED) is 0.667. The number of amides is 1. The van der Waals surface area contributed by atoms with Crippen LogP contribution in [0.2, 0.25) is 0 Å². The molecule has 0 saturated carbocycles. The molecule has 0 aromatic heterocycles. The monoisotopic (exact) mass is 210 g/mol. The number of carbonyl (C=O) groups is 1. The van der Waals surface area contributed by atoms with Gasteiger partial charge in [0.05, 0.1) is 0 Å². The zero-order valence-corrected chi connectivity index (χ0v) is 7.82. The first-order chi connectivity index (χ1) is 6.41. The van der Waals surface area contributed by atoms with E-state index in [1.807, 2.05) is 12.2 Å². The fourth-order valence-electron chi connectivity index (χ4n) is 1.43. The summed E-state index contributed by atoms with van der Waals surface area (Å²) in [4.78, 5) is 10.6. The number of nitrogens with one attached hydrogen (secondary N) is 2. The molecule has 0 bridgehead atoms. The molecule has 1 aliphatic heterocycles. The van der Waals surface area contributed by atoms with E-state index in [4.69, 9.17) is 0 Å². The van der Waals surface area contributed by atoms with Crippen molar-refractivity contribution >= 4 is 5.91 Å². The van der Waals surface area contributed by atoms with Crippen LogP contribution in [-0.2, 0) is 4.79 Å². The van der Waals surface area contributed by atoms with Gasteiger partial charge in [-0.25, -0.2) is 0 Å². The van der Waals surface area contributed by atoms with Gasteiger partial charge in [0.25, 0.3) is 0 Å². The van der Waals surface area contributed by atoms with Crippen molar-refractivity contribution < 1.29 is 18.0 Å². The molecule has 1 rings (SSSR count). The molecule has 2 atom stereocenters. The van der Waals surface area contributed by atoms with Crippen LogP contribution in [0.4, 0.5) is 13.2 Å². The molecule has 0 unspecified atom stereocenters. The van der Waals surface area contributed by atoms with E-state index in [0.29, 0.717) is 6.54 Å². The van der Waals surface area contributed by atoms with E-state index >= 15 is 0 Å². The van der Waals surface area contributed by atoms with Crippen LogP contribution in [0, 0.1) is 5.92 Å². The van der Waals surface area contributed by atoms with Crippen molar-refractivity contribution in [2.24, 2.45) is 5.92 Å². The van der Waals surface area contributed by atoms with Gasteiger partial charge in [-0.1, -0.05) is 6.92 Å². The Bertz CT molecular complexity index is 217.